The van der Waals surface area contributed by atoms with Crippen molar-refractivity contribution in [2.24, 2.45) is 5.92 Å². The molecule has 1 aromatic rings. The number of rotatable bonds is 8. The summed E-state index contributed by atoms with van der Waals surface area (Å²) in [5, 5.41) is 12.2. The Kier molecular flexibility index (Phi) is 7.63. The summed E-state index contributed by atoms with van der Waals surface area (Å²) in [5.74, 6) is -1.86. The number of nitrogens with one attached hydrogen (secondary N) is 1. The zero-order valence-electron chi connectivity index (χ0n) is 15.3. The first-order valence-corrected chi connectivity index (χ1v) is 9.36. The third-order valence-electron chi connectivity index (χ3n) is 4.79. The van der Waals surface area contributed by atoms with Crippen LogP contribution >= 0.6 is 0 Å². The number of carbonyl (C=O) groups is 3. The highest BCUT2D eigenvalue weighted by Gasteiger charge is 2.32. The molecule has 1 fully saturated rings. The average Bonchev–Trinajstić information content (AvgIpc) is 2.65. The summed E-state index contributed by atoms with van der Waals surface area (Å²) >= 11 is 0. The van der Waals surface area contributed by atoms with Gasteiger partial charge in [-0.05, 0) is 37.7 Å². The molecular weight excluding hydrogens is 332 g/mol. The monoisotopic (exact) mass is 360 g/mol. The number of benzene rings is 1. The van der Waals surface area contributed by atoms with E-state index in [1.54, 1.807) is 4.90 Å². The van der Waals surface area contributed by atoms with E-state index in [-0.39, 0.29) is 18.4 Å². The van der Waals surface area contributed by atoms with Crippen LogP contribution in [0.3, 0.4) is 0 Å². The highest BCUT2D eigenvalue weighted by molar-refractivity contribution is 5.88. The van der Waals surface area contributed by atoms with Crippen LogP contribution in [-0.2, 0) is 20.8 Å². The molecule has 0 spiro atoms. The van der Waals surface area contributed by atoms with Gasteiger partial charge in [-0.25, -0.2) is 0 Å². The van der Waals surface area contributed by atoms with E-state index >= 15 is 0 Å². The Morgan fingerprint density at radius 2 is 1.96 bits per heavy atom. The van der Waals surface area contributed by atoms with Crippen LogP contribution in [0.1, 0.15) is 44.6 Å². The van der Waals surface area contributed by atoms with Crippen LogP contribution < -0.4 is 5.32 Å². The maximum Gasteiger partial charge on any atom is 0.308 e. The fraction of sp³-hybridized carbons (Fsp3) is 0.550. The minimum Gasteiger partial charge on any atom is -0.481 e. The summed E-state index contributed by atoms with van der Waals surface area (Å²) in [5.41, 5.74) is 0.923. The number of aliphatic carboxylic acids is 1. The lowest BCUT2D eigenvalue weighted by atomic mass is 9.98. The second-order valence-corrected chi connectivity index (χ2v) is 6.82. The smallest absolute Gasteiger partial charge is 0.308 e. The molecule has 6 nitrogen and oxygen atoms in total. The highest BCUT2D eigenvalue weighted by atomic mass is 16.4. The zero-order chi connectivity index (χ0) is 18.9. The molecule has 2 N–H and O–H groups in total. The van der Waals surface area contributed by atoms with Gasteiger partial charge in [0.1, 0.15) is 6.04 Å². The Morgan fingerprint density at radius 1 is 1.23 bits per heavy atom. The first-order valence-electron chi connectivity index (χ1n) is 9.36. The van der Waals surface area contributed by atoms with Crippen LogP contribution in [0, 0.1) is 5.92 Å². The number of likely N-dealkylation sites (tertiary alicyclic amines) is 1. The van der Waals surface area contributed by atoms with Gasteiger partial charge in [-0.1, -0.05) is 37.3 Å². The fourth-order valence-corrected chi connectivity index (χ4v) is 3.35. The molecule has 1 aliphatic rings. The van der Waals surface area contributed by atoms with Gasteiger partial charge in [0.15, 0.2) is 0 Å². The Bertz CT molecular complexity index is 617. The summed E-state index contributed by atoms with van der Waals surface area (Å²) < 4.78 is 0. The first-order chi connectivity index (χ1) is 12.5. The first kappa shape index (κ1) is 19.9. The van der Waals surface area contributed by atoms with Crippen LogP contribution in [0.5, 0.6) is 0 Å². The number of carboxylic acids is 1. The topological polar surface area (TPSA) is 86.7 Å². The highest BCUT2D eigenvalue weighted by Crippen LogP contribution is 2.19. The van der Waals surface area contributed by atoms with Crippen molar-refractivity contribution in [2.75, 3.05) is 13.1 Å². The number of nitrogens with zero attached hydrogens (tertiary/aromatic N) is 1. The molecule has 0 radical (unpaired) electrons. The maximum atomic E-state index is 12.6. The van der Waals surface area contributed by atoms with Crippen LogP contribution in [0.2, 0.25) is 0 Å². The lowest BCUT2D eigenvalue weighted by Gasteiger charge is -2.35. The molecule has 0 saturated carbocycles. The number of piperidine rings is 1. The van der Waals surface area contributed by atoms with Crippen molar-refractivity contribution in [1.82, 2.24) is 10.2 Å². The summed E-state index contributed by atoms with van der Waals surface area (Å²) in [7, 11) is 0. The van der Waals surface area contributed by atoms with Gasteiger partial charge in [-0.15, -0.1) is 0 Å². The van der Waals surface area contributed by atoms with Crippen LogP contribution in [0.15, 0.2) is 30.3 Å². The quantitative estimate of drug-likeness (QED) is 0.744. The molecule has 0 aromatic heterocycles. The van der Waals surface area contributed by atoms with Crippen LogP contribution in [0.4, 0.5) is 0 Å². The summed E-state index contributed by atoms with van der Waals surface area (Å²) in [4.78, 5) is 38.0. The minimum absolute atomic E-state index is 0.00594. The Labute approximate surface area is 154 Å². The van der Waals surface area contributed by atoms with Crippen molar-refractivity contribution in [3.63, 3.8) is 0 Å². The molecular formula is C20H28N2O4. The molecule has 26 heavy (non-hydrogen) atoms. The van der Waals surface area contributed by atoms with E-state index in [0.717, 1.165) is 24.8 Å². The normalized spacial score (nSPS) is 18.2. The van der Waals surface area contributed by atoms with Crippen LogP contribution in [-0.4, -0.2) is 46.9 Å². The molecule has 1 aliphatic heterocycles. The standard InChI is InChI=1S/C20H28N2O4/c1-2-8-18(23)22-12-7-6-11-17(22)19(24)21-14-16(20(25)26)13-15-9-4-3-5-10-15/h3-5,9-10,16-17H,2,6-8,11-14H2,1H3,(H,21,24)(H,25,26). The molecule has 2 unspecified atom stereocenters. The molecule has 1 saturated heterocycles. The Hall–Kier alpha value is -2.37. The van der Waals surface area contributed by atoms with Gasteiger partial charge in [0, 0.05) is 19.5 Å². The van der Waals surface area contributed by atoms with Crippen molar-refractivity contribution in [1.29, 1.82) is 0 Å². The van der Waals surface area contributed by atoms with Gasteiger partial charge in [-0.3, -0.25) is 14.4 Å². The van der Waals surface area contributed by atoms with Gasteiger partial charge in [0.2, 0.25) is 11.8 Å². The summed E-state index contributed by atoms with van der Waals surface area (Å²) in [6.07, 6.45) is 4.00. The van der Waals surface area contributed by atoms with Crippen molar-refractivity contribution >= 4 is 17.8 Å². The molecule has 142 valence electrons. The number of carbonyl (C=O) groups excluding carboxylic acids is 2. The predicted octanol–water partition coefficient (Wildman–Crippen LogP) is 2.23. The summed E-state index contributed by atoms with van der Waals surface area (Å²) in [6.45, 7) is 2.61. The fourth-order valence-electron chi connectivity index (χ4n) is 3.35. The third kappa shape index (κ3) is 5.58. The molecule has 2 rings (SSSR count). The molecule has 2 amide bonds. The van der Waals surface area contributed by atoms with Crippen molar-refractivity contribution < 1.29 is 19.5 Å². The second kappa shape index (κ2) is 9.94. The zero-order valence-corrected chi connectivity index (χ0v) is 15.3. The maximum absolute atomic E-state index is 12.6. The lowest BCUT2D eigenvalue weighted by molar-refractivity contribution is -0.144. The van der Waals surface area contributed by atoms with Crippen molar-refractivity contribution in [3.8, 4) is 0 Å². The number of amides is 2. The summed E-state index contributed by atoms with van der Waals surface area (Å²) in [6, 6.07) is 8.90. The molecule has 2 atom stereocenters. The van der Waals surface area contributed by atoms with E-state index in [1.165, 1.54) is 0 Å². The van der Waals surface area contributed by atoms with E-state index in [9.17, 15) is 19.5 Å². The molecule has 1 heterocycles. The van der Waals surface area contributed by atoms with Gasteiger partial charge in [-0.2, -0.15) is 0 Å². The Balaban J connectivity index is 1.95. The number of carboxylic acid groups (broad SMARTS) is 1. The predicted molar refractivity (Wildman–Crippen MR) is 98.5 cm³/mol. The van der Waals surface area contributed by atoms with E-state index in [2.05, 4.69) is 5.32 Å². The van der Waals surface area contributed by atoms with Crippen molar-refractivity contribution in [2.45, 2.75) is 51.5 Å². The van der Waals surface area contributed by atoms with Gasteiger partial charge < -0.3 is 15.3 Å². The molecule has 6 heteroatoms. The van der Waals surface area contributed by atoms with Gasteiger partial charge >= 0.3 is 5.97 Å². The van der Waals surface area contributed by atoms with Gasteiger partial charge in [0.25, 0.3) is 0 Å². The molecule has 1 aromatic carbocycles. The van der Waals surface area contributed by atoms with Crippen molar-refractivity contribution in [3.05, 3.63) is 35.9 Å². The number of hydrogen-bond acceptors (Lipinski definition) is 3. The lowest BCUT2D eigenvalue weighted by Crippen LogP contribution is -2.52. The van der Waals surface area contributed by atoms with Crippen LogP contribution in [0.25, 0.3) is 0 Å². The number of hydrogen-bond donors (Lipinski definition) is 2. The third-order valence-corrected chi connectivity index (χ3v) is 4.79. The Morgan fingerprint density at radius 3 is 2.62 bits per heavy atom. The average molecular weight is 360 g/mol. The largest absolute Gasteiger partial charge is 0.481 e. The van der Waals surface area contributed by atoms with Gasteiger partial charge in [0.05, 0.1) is 5.92 Å². The molecule has 0 aliphatic carbocycles. The van der Waals surface area contributed by atoms with E-state index < -0.39 is 17.9 Å². The minimum atomic E-state index is -0.934. The second-order valence-electron chi connectivity index (χ2n) is 6.82. The van der Waals surface area contributed by atoms with E-state index in [0.29, 0.717) is 25.8 Å². The molecule has 0 bridgehead atoms. The SMILES string of the molecule is CCCC(=O)N1CCCCC1C(=O)NCC(Cc1ccccc1)C(=O)O. The van der Waals surface area contributed by atoms with E-state index in [1.807, 2.05) is 37.3 Å². The van der Waals surface area contributed by atoms with E-state index in [4.69, 9.17) is 0 Å².